The summed E-state index contributed by atoms with van der Waals surface area (Å²) in [7, 11) is 0. The average molecular weight is 176 g/mol. The first-order valence-corrected chi connectivity index (χ1v) is 4.59. The standard InChI is InChI=1S/C11H12S/c1-9(2)10(3)12-11-7-5-4-6-8-11/h4-8H,1,3H2,2H3. The summed E-state index contributed by atoms with van der Waals surface area (Å²) < 4.78 is 0. The molecule has 0 bridgehead atoms. The van der Waals surface area contributed by atoms with Crippen molar-refractivity contribution in [2.75, 3.05) is 0 Å². The van der Waals surface area contributed by atoms with Crippen molar-refractivity contribution in [3.63, 3.8) is 0 Å². The normalized spacial score (nSPS) is 9.42. The molecule has 1 aromatic rings. The summed E-state index contributed by atoms with van der Waals surface area (Å²) in [5.41, 5.74) is 1.03. The Morgan fingerprint density at radius 2 is 1.75 bits per heavy atom. The van der Waals surface area contributed by atoms with E-state index in [1.54, 1.807) is 11.8 Å². The van der Waals surface area contributed by atoms with Crippen LogP contribution in [0, 0.1) is 0 Å². The molecule has 0 aliphatic heterocycles. The number of rotatable bonds is 3. The van der Waals surface area contributed by atoms with Crippen molar-refractivity contribution >= 4 is 11.8 Å². The van der Waals surface area contributed by atoms with E-state index in [-0.39, 0.29) is 0 Å². The molecule has 0 aliphatic carbocycles. The molecule has 0 N–H and O–H groups in total. The second-order valence-electron chi connectivity index (χ2n) is 2.62. The minimum atomic E-state index is 1.03. The van der Waals surface area contributed by atoms with Gasteiger partial charge in [-0.2, -0.15) is 0 Å². The topological polar surface area (TPSA) is 0 Å². The molecule has 0 aromatic heterocycles. The first kappa shape index (κ1) is 9.14. The third-order valence-electron chi connectivity index (χ3n) is 1.46. The zero-order valence-electron chi connectivity index (χ0n) is 7.21. The van der Waals surface area contributed by atoms with Crippen LogP contribution in [0.4, 0.5) is 0 Å². The van der Waals surface area contributed by atoms with E-state index in [0.717, 1.165) is 10.5 Å². The molecule has 1 aromatic carbocycles. The van der Waals surface area contributed by atoms with Crippen molar-refractivity contribution in [1.29, 1.82) is 0 Å². The molecule has 0 amide bonds. The Balaban J connectivity index is 2.65. The minimum absolute atomic E-state index is 1.03. The molecule has 0 saturated heterocycles. The maximum absolute atomic E-state index is 3.91. The third kappa shape index (κ3) is 2.59. The van der Waals surface area contributed by atoms with Gasteiger partial charge in [0, 0.05) is 9.80 Å². The SMILES string of the molecule is C=C(C)C(=C)Sc1ccccc1. The van der Waals surface area contributed by atoms with Crippen LogP contribution in [0.1, 0.15) is 6.92 Å². The summed E-state index contributed by atoms with van der Waals surface area (Å²) >= 11 is 1.66. The van der Waals surface area contributed by atoms with E-state index in [9.17, 15) is 0 Å². The monoisotopic (exact) mass is 176 g/mol. The van der Waals surface area contributed by atoms with Crippen LogP contribution < -0.4 is 0 Å². The van der Waals surface area contributed by atoms with E-state index in [2.05, 4.69) is 25.3 Å². The number of hydrogen-bond donors (Lipinski definition) is 0. The average Bonchev–Trinajstić information content (AvgIpc) is 2.06. The Labute approximate surface area is 78.0 Å². The number of benzene rings is 1. The Morgan fingerprint density at radius 1 is 1.17 bits per heavy atom. The lowest BCUT2D eigenvalue weighted by Gasteiger charge is -2.02. The van der Waals surface area contributed by atoms with Gasteiger partial charge in [0.2, 0.25) is 0 Å². The van der Waals surface area contributed by atoms with Gasteiger partial charge in [-0.1, -0.05) is 43.1 Å². The highest BCUT2D eigenvalue weighted by Crippen LogP contribution is 2.28. The fourth-order valence-corrected chi connectivity index (χ4v) is 1.47. The van der Waals surface area contributed by atoms with E-state index in [1.165, 1.54) is 4.90 Å². The molecular formula is C11H12S. The molecule has 62 valence electrons. The van der Waals surface area contributed by atoms with Crippen molar-refractivity contribution in [3.8, 4) is 0 Å². The summed E-state index contributed by atoms with van der Waals surface area (Å²) in [6, 6.07) is 10.2. The van der Waals surface area contributed by atoms with Crippen LogP contribution in [0.3, 0.4) is 0 Å². The van der Waals surface area contributed by atoms with Gasteiger partial charge in [-0.25, -0.2) is 0 Å². The molecule has 0 fully saturated rings. The molecule has 0 atom stereocenters. The summed E-state index contributed by atoms with van der Waals surface area (Å²) in [6.45, 7) is 9.71. The lowest BCUT2D eigenvalue weighted by molar-refractivity contribution is 1.46. The van der Waals surface area contributed by atoms with Gasteiger partial charge >= 0.3 is 0 Å². The fourth-order valence-electron chi connectivity index (χ4n) is 0.718. The molecule has 0 radical (unpaired) electrons. The predicted octanol–water partition coefficient (Wildman–Crippen LogP) is 3.87. The van der Waals surface area contributed by atoms with Crippen molar-refractivity contribution in [1.82, 2.24) is 0 Å². The molecule has 12 heavy (non-hydrogen) atoms. The fraction of sp³-hybridized carbons (Fsp3) is 0.0909. The maximum Gasteiger partial charge on any atom is 0.0122 e. The van der Waals surface area contributed by atoms with Gasteiger partial charge in [0.25, 0.3) is 0 Å². The van der Waals surface area contributed by atoms with Gasteiger partial charge in [-0.05, 0) is 24.6 Å². The molecule has 0 nitrogen and oxygen atoms in total. The summed E-state index contributed by atoms with van der Waals surface area (Å²) in [4.78, 5) is 2.24. The van der Waals surface area contributed by atoms with Crippen LogP contribution in [0.15, 0.2) is 58.9 Å². The second-order valence-corrected chi connectivity index (χ2v) is 3.79. The van der Waals surface area contributed by atoms with Crippen molar-refractivity contribution < 1.29 is 0 Å². The van der Waals surface area contributed by atoms with E-state index in [4.69, 9.17) is 0 Å². The van der Waals surface area contributed by atoms with Crippen LogP contribution in [-0.2, 0) is 0 Å². The summed E-state index contributed by atoms with van der Waals surface area (Å²) in [6.07, 6.45) is 0. The lowest BCUT2D eigenvalue weighted by Crippen LogP contribution is -1.75. The molecule has 0 spiro atoms. The van der Waals surface area contributed by atoms with Gasteiger partial charge in [0.15, 0.2) is 0 Å². The molecule has 0 unspecified atom stereocenters. The zero-order valence-corrected chi connectivity index (χ0v) is 8.03. The van der Waals surface area contributed by atoms with E-state index >= 15 is 0 Å². The van der Waals surface area contributed by atoms with Crippen LogP contribution in [0.5, 0.6) is 0 Å². The van der Waals surface area contributed by atoms with Crippen molar-refractivity contribution in [2.24, 2.45) is 0 Å². The highest BCUT2D eigenvalue weighted by molar-refractivity contribution is 8.03. The number of allylic oxidation sites excluding steroid dienone is 1. The van der Waals surface area contributed by atoms with Gasteiger partial charge < -0.3 is 0 Å². The highest BCUT2D eigenvalue weighted by atomic mass is 32.2. The van der Waals surface area contributed by atoms with Crippen LogP contribution in [-0.4, -0.2) is 0 Å². The smallest absolute Gasteiger partial charge is 0.0122 e. The predicted molar refractivity (Wildman–Crippen MR) is 56.3 cm³/mol. The largest absolute Gasteiger partial charge is 0.0950 e. The minimum Gasteiger partial charge on any atom is -0.0950 e. The van der Waals surface area contributed by atoms with Crippen molar-refractivity contribution in [2.45, 2.75) is 11.8 Å². The Morgan fingerprint density at radius 3 is 2.25 bits per heavy atom. The highest BCUT2D eigenvalue weighted by Gasteiger charge is 1.96. The molecule has 0 saturated carbocycles. The Kier molecular flexibility index (Phi) is 3.18. The molecular weight excluding hydrogens is 164 g/mol. The first-order chi connectivity index (χ1) is 5.70. The van der Waals surface area contributed by atoms with Crippen LogP contribution >= 0.6 is 11.8 Å². The second kappa shape index (κ2) is 4.17. The quantitative estimate of drug-likeness (QED) is 0.497. The summed E-state index contributed by atoms with van der Waals surface area (Å²) in [5, 5.41) is 0. The molecule has 0 heterocycles. The molecule has 0 aliphatic rings. The Hall–Kier alpha value is -0.950. The van der Waals surface area contributed by atoms with Gasteiger partial charge in [0.1, 0.15) is 0 Å². The van der Waals surface area contributed by atoms with Crippen LogP contribution in [0.2, 0.25) is 0 Å². The van der Waals surface area contributed by atoms with E-state index < -0.39 is 0 Å². The van der Waals surface area contributed by atoms with Crippen molar-refractivity contribution in [3.05, 3.63) is 54.0 Å². The molecule has 1 heteroatoms. The Bertz CT molecular complexity index is 285. The van der Waals surface area contributed by atoms with E-state index in [1.807, 2.05) is 25.1 Å². The molecule has 1 rings (SSSR count). The van der Waals surface area contributed by atoms with Gasteiger partial charge in [0.05, 0.1) is 0 Å². The van der Waals surface area contributed by atoms with Gasteiger partial charge in [-0.15, -0.1) is 0 Å². The third-order valence-corrected chi connectivity index (χ3v) is 2.56. The van der Waals surface area contributed by atoms with Gasteiger partial charge in [-0.3, -0.25) is 0 Å². The maximum atomic E-state index is 3.91. The zero-order chi connectivity index (χ0) is 8.97. The number of thioether (sulfide) groups is 1. The first-order valence-electron chi connectivity index (χ1n) is 3.78. The summed E-state index contributed by atoms with van der Waals surface area (Å²) in [5.74, 6) is 0. The lowest BCUT2D eigenvalue weighted by atomic mass is 10.3. The van der Waals surface area contributed by atoms with Crippen LogP contribution in [0.25, 0.3) is 0 Å². The number of hydrogen-bond acceptors (Lipinski definition) is 1. The van der Waals surface area contributed by atoms with E-state index in [0.29, 0.717) is 0 Å².